The van der Waals surface area contributed by atoms with Crippen LogP contribution in [0.2, 0.25) is 0 Å². The minimum Gasteiger partial charge on any atom is -0.469 e. The van der Waals surface area contributed by atoms with Crippen molar-refractivity contribution in [2.24, 2.45) is 11.7 Å². The summed E-state index contributed by atoms with van der Waals surface area (Å²) in [5, 5.41) is 3.02. The first-order chi connectivity index (χ1) is 7.57. The van der Waals surface area contributed by atoms with Gasteiger partial charge in [-0.15, -0.1) is 0 Å². The standard InChI is InChI=1S/C12H18N2O2/c1-8-10(5-6-16-8)11(15)14-12(2,7-13)9-3-4-9/h5-6,9H,3-4,7,13H2,1-2H3,(H,14,15). The predicted molar refractivity (Wildman–Crippen MR) is 61.1 cm³/mol. The Balaban J connectivity index is 2.09. The number of aryl methyl sites for hydroxylation is 1. The van der Waals surface area contributed by atoms with Gasteiger partial charge in [-0.05, 0) is 38.7 Å². The molecule has 0 spiro atoms. The summed E-state index contributed by atoms with van der Waals surface area (Å²) in [6.45, 7) is 4.27. The average Bonchev–Trinajstić information content (AvgIpc) is 3.02. The number of hydrogen-bond acceptors (Lipinski definition) is 3. The number of nitrogens with two attached hydrogens (primary N) is 1. The highest BCUT2D eigenvalue weighted by atomic mass is 16.3. The first kappa shape index (κ1) is 11.2. The lowest BCUT2D eigenvalue weighted by atomic mass is 9.95. The summed E-state index contributed by atoms with van der Waals surface area (Å²) in [7, 11) is 0. The molecule has 1 heterocycles. The van der Waals surface area contributed by atoms with E-state index in [0.29, 0.717) is 23.8 Å². The molecule has 1 fully saturated rings. The first-order valence-electron chi connectivity index (χ1n) is 5.63. The third kappa shape index (κ3) is 1.97. The summed E-state index contributed by atoms with van der Waals surface area (Å²) in [5.74, 6) is 1.08. The van der Waals surface area contributed by atoms with Crippen LogP contribution in [0.3, 0.4) is 0 Å². The van der Waals surface area contributed by atoms with Crippen molar-refractivity contribution in [1.82, 2.24) is 5.32 Å². The Kier molecular flexibility index (Phi) is 2.76. The van der Waals surface area contributed by atoms with Crippen LogP contribution >= 0.6 is 0 Å². The van der Waals surface area contributed by atoms with Crippen LogP contribution < -0.4 is 11.1 Å². The van der Waals surface area contributed by atoms with Crippen LogP contribution in [0.15, 0.2) is 16.7 Å². The maximum Gasteiger partial charge on any atom is 0.255 e. The van der Waals surface area contributed by atoms with Crippen molar-refractivity contribution in [3.05, 3.63) is 23.7 Å². The lowest BCUT2D eigenvalue weighted by molar-refractivity contribution is 0.0896. The summed E-state index contributed by atoms with van der Waals surface area (Å²) >= 11 is 0. The molecule has 88 valence electrons. The molecule has 16 heavy (non-hydrogen) atoms. The van der Waals surface area contributed by atoms with Gasteiger partial charge < -0.3 is 15.5 Å². The van der Waals surface area contributed by atoms with Crippen molar-refractivity contribution in [2.75, 3.05) is 6.54 Å². The quantitative estimate of drug-likeness (QED) is 0.810. The van der Waals surface area contributed by atoms with Crippen molar-refractivity contribution in [3.8, 4) is 0 Å². The Labute approximate surface area is 95.2 Å². The van der Waals surface area contributed by atoms with Gasteiger partial charge in [-0.3, -0.25) is 4.79 Å². The SMILES string of the molecule is Cc1occc1C(=O)NC(C)(CN)C1CC1. The van der Waals surface area contributed by atoms with Crippen LogP contribution in [0, 0.1) is 12.8 Å². The maximum absolute atomic E-state index is 12.0. The average molecular weight is 222 g/mol. The van der Waals surface area contributed by atoms with Gasteiger partial charge in [0.05, 0.1) is 17.4 Å². The monoisotopic (exact) mass is 222 g/mol. The van der Waals surface area contributed by atoms with E-state index in [1.807, 2.05) is 6.92 Å². The molecule has 1 saturated carbocycles. The molecule has 1 amide bonds. The zero-order chi connectivity index (χ0) is 11.8. The second-order valence-corrected chi connectivity index (χ2v) is 4.74. The zero-order valence-electron chi connectivity index (χ0n) is 9.75. The van der Waals surface area contributed by atoms with E-state index < -0.39 is 0 Å². The fourth-order valence-corrected chi connectivity index (χ4v) is 1.99. The minimum absolute atomic E-state index is 0.0916. The topological polar surface area (TPSA) is 68.3 Å². The Morgan fingerprint density at radius 2 is 2.38 bits per heavy atom. The molecule has 1 unspecified atom stereocenters. The maximum atomic E-state index is 12.0. The second kappa shape index (κ2) is 3.94. The van der Waals surface area contributed by atoms with Gasteiger partial charge in [-0.2, -0.15) is 0 Å². The third-order valence-corrected chi connectivity index (χ3v) is 3.40. The normalized spacial score (nSPS) is 19.2. The van der Waals surface area contributed by atoms with Crippen LogP contribution in [0.4, 0.5) is 0 Å². The molecule has 4 nitrogen and oxygen atoms in total. The predicted octanol–water partition coefficient (Wildman–Crippen LogP) is 1.45. The van der Waals surface area contributed by atoms with E-state index in [4.69, 9.17) is 10.2 Å². The van der Waals surface area contributed by atoms with Gasteiger partial charge in [-0.25, -0.2) is 0 Å². The van der Waals surface area contributed by atoms with Crippen LogP contribution in [0.25, 0.3) is 0 Å². The third-order valence-electron chi connectivity index (χ3n) is 3.40. The number of nitrogens with one attached hydrogen (secondary N) is 1. The fourth-order valence-electron chi connectivity index (χ4n) is 1.99. The molecule has 0 aliphatic heterocycles. The van der Waals surface area contributed by atoms with Crippen molar-refractivity contribution >= 4 is 5.91 Å². The largest absolute Gasteiger partial charge is 0.469 e. The number of carbonyl (C=O) groups excluding carboxylic acids is 1. The summed E-state index contributed by atoms with van der Waals surface area (Å²) in [6.07, 6.45) is 3.83. The van der Waals surface area contributed by atoms with E-state index in [0.717, 1.165) is 12.8 Å². The molecule has 0 bridgehead atoms. The van der Waals surface area contributed by atoms with E-state index in [-0.39, 0.29) is 11.4 Å². The van der Waals surface area contributed by atoms with E-state index in [9.17, 15) is 4.79 Å². The summed E-state index contributed by atoms with van der Waals surface area (Å²) in [6, 6.07) is 1.69. The Morgan fingerprint density at radius 3 is 2.81 bits per heavy atom. The number of furan rings is 1. The van der Waals surface area contributed by atoms with Gasteiger partial charge in [0, 0.05) is 6.54 Å². The van der Waals surface area contributed by atoms with E-state index in [1.54, 1.807) is 13.0 Å². The van der Waals surface area contributed by atoms with Crippen LogP contribution in [-0.4, -0.2) is 18.0 Å². The molecule has 1 aliphatic rings. The fraction of sp³-hybridized carbons (Fsp3) is 0.583. The molecular formula is C12H18N2O2. The molecule has 1 aliphatic carbocycles. The van der Waals surface area contributed by atoms with E-state index in [2.05, 4.69) is 5.32 Å². The molecule has 1 aromatic heterocycles. The molecule has 0 saturated heterocycles. The molecule has 1 atom stereocenters. The second-order valence-electron chi connectivity index (χ2n) is 4.74. The highest BCUT2D eigenvalue weighted by Crippen LogP contribution is 2.39. The Bertz CT molecular complexity index is 395. The Morgan fingerprint density at radius 1 is 1.69 bits per heavy atom. The molecule has 0 aromatic carbocycles. The van der Waals surface area contributed by atoms with Gasteiger partial charge >= 0.3 is 0 Å². The highest BCUT2D eigenvalue weighted by molar-refractivity contribution is 5.95. The number of amides is 1. The molecule has 0 radical (unpaired) electrons. The van der Waals surface area contributed by atoms with Gasteiger partial charge in [0.2, 0.25) is 0 Å². The van der Waals surface area contributed by atoms with E-state index >= 15 is 0 Å². The van der Waals surface area contributed by atoms with Gasteiger partial charge in [-0.1, -0.05) is 0 Å². The summed E-state index contributed by atoms with van der Waals surface area (Å²) in [5.41, 5.74) is 6.07. The van der Waals surface area contributed by atoms with Crippen molar-refractivity contribution in [1.29, 1.82) is 0 Å². The van der Waals surface area contributed by atoms with Crippen LogP contribution in [0.5, 0.6) is 0 Å². The summed E-state index contributed by atoms with van der Waals surface area (Å²) in [4.78, 5) is 12.0. The van der Waals surface area contributed by atoms with E-state index in [1.165, 1.54) is 6.26 Å². The van der Waals surface area contributed by atoms with Crippen LogP contribution in [-0.2, 0) is 0 Å². The minimum atomic E-state index is -0.277. The molecule has 4 heteroatoms. The van der Waals surface area contributed by atoms with Crippen molar-refractivity contribution < 1.29 is 9.21 Å². The summed E-state index contributed by atoms with van der Waals surface area (Å²) < 4.78 is 5.12. The van der Waals surface area contributed by atoms with Gasteiger partial charge in [0.25, 0.3) is 5.91 Å². The smallest absolute Gasteiger partial charge is 0.255 e. The Hall–Kier alpha value is -1.29. The lowest BCUT2D eigenvalue weighted by Gasteiger charge is -2.29. The number of hydrogen-bond donors (Lipinski definition) is 2. The molecule has 3 N–H and O–H groups in total. The molecule has 2 rings (SSSR count). The highest BCUT2D eigenvalue weighted by Gasteiger charge is 2.41. The van der Waals surface area contributed by atoms with Gasteiger partial charge in [0.1, 0.15) is 5.76 Å². The van der Waals surface area contributed by atoms with Crippen molar-refractivity contribution in [2.45, 2.75) is 32.2 Å². The molecular weight excluding hydrogens is 204 g/mol. The first-order valence-corrected chi connectivity index (χ1v) is 5.63. The van der Waals surface area contributed by atoms with Crippen LogP contribution in [0.1, 0.15) is 35.9 Å². The van der Waals surface area contributed by atoms with Gasteiger partial charge in [0.15, 0.2) is 0 Å². The lowest BCUT2D eigenvalue weighted by Crippen LogP contribution is -2.53. The molecule has 1 aromatic rings. The number of carbonyl (C=O) groups is 1. The zero-order valence-corrected chi connectivity index (χ0v) is 9.75. The van der Waals surface area contributed by atoms with Crippen molar-refractivity contribution in [3.63, 3.8) is 0 Å². The number of rotatable bonds is 4.